The van der Waals surface area contributed by atoms with Crippen molar-refractivity contribution in [3.8, 4) is 16.9 Å². The van der Waals surface area contributed by atoms with Crippen LogP contribution in [0.3, 0.4) is 0 Å². The monoisotopic (exact) mass is 383 g/mol. The van der Waals surface area contributed by atoms with Gasteiger partial charge in [0, 0.05) is 23.6 Å². The largest absolute Gasteiger partial charge is 0.483 e. The Morgan fingerprint density at radius 1 is 0.931 bits per heavy atom. The fraction of sp³-hybridized carbons (Fsp3) is 0.0833. The van der Waals surface area contributed by atoms with E-state index in [4.69, 9.17) is 4.74 Å². The first kappa shape index (κ1) is 18.5. The number of amides is 1. The predicted octanol–water partition coefficient (Wildman–Crippen LogP) is 4.62. The summed E-state index contributed by atoms with van der Waals surface area (Å²) < 4.78 is 7.65. The van der Waals surface area contributed by atoms with Crippen molar-refractivity contribution in [1.82, 2.24) is 9.78 Å². The van der Waals surface area contributed by atoms with Crippen LogP contribution in [0.1, 0.15) is 5.56 Å². The van der Waals surface area contributed by atoms with Crippen LogP contribution in [-0.2, 0) is 11.3 Å². The van der Waals surface area contributed by atoms with Crippen LogP contribution in [0, 0.1) is 0 Å². The van der Waals surface area contributed by atoms with E-state index < -0.39 is 0 Å². The SMILES string of the molecule is O=C(COc1ccccc1-c1ccccc1)Nc1cccc(Cn2cccn2)c1. The Kier molecular flexibility index (Phi) is 5.67. The number of nitrogens with one attached hydrogen (secondary N) is 1. The average Bonchev–Trinajstić information content (AvgIpc) is 3.26. The van der Waals surface area contributed by atoms with Gasteiger partial charge in [-0.1, -0.05) is 60.7 Å². The number of carbonyl (C=O) groups is 1. The molecular weight excluding hydrogens is 362 g/mol. The number of para-hydroxylation sites is 1. The van der Waals surface area contributed by atoms with E-state index in [0.29, 0.717) is 12.3 Å². The van der Waals surface area contributed by atoms with Gasteiger partial charge < -0.3 is 10.1 Å². The molecule has 1 N–H and O–H groups in total. The molecule has 3 aromatic carbocycles. The fourth-order valence-electron chi connectivity index (χ4n) is 3.12. The van der Waals surface area contributed by atoms with E-state index in [1.54, 1.807) is 6.20 Å². The van der Waals surface area contributed by atoms with Crippen LogP contribution in [0.4, 0.5) is 5.69 Å². The third kappa shape index (κ3) is 4.90. The summed E-state index contributed by atoms with van der Waals surface area (Å²) in [6.07, 6.45) is 3.65. The number of hydrogen-bond acceptors (Lipinski definition) is 3. The zero-order valence-electron chi connectivity index (χ0n) is 15.9. The minimum absolute atomic E-state index is 0.0623. The Hall–Kier alpha value is -3.86. The summed E-state index contributed by atoms with van der Waals surface area (Å²) >= 11 is 0. The first-order valence-corrected chi connectivity index (χ1v) is 9.41. The lowest BCUT2D eigenvalue weighted by Crippen LogP contribution is -2.20. The Bertz CT molecular complexity index is 1080. The molecule has 0 aliphatic heterocycles. The van der Waals surface area contributed by atoms with Gasteiger partial charge in [-0.15, -0.1) is 0 Å². The first-order valence-electron chi connectivity index (χ1n) is 9.41. The molecule has 0 bridgehead atoms. The van der Waals surface area contributed by atoms with Gasteiger partial charge in [0.2, 0.25) is 0 Å². The van der Waals surface area contributed by atoms with E-state index in [1.165, 1.54) is 0 Å². The standard InChI is InChI=1S/C24H21N3O2/c28-24(26-21-11-6-8-19(16-21)17-27-15-7-14-25-27)18-29-23-13-5-4-12-22(23)20-9-2-1-3-10-20/h1-16H,17-18H2,(H,26,28). The van der Waals surface area contributed by atoms with Crippen LogP contribution < -0.4 is 10.1 Å². The van der Waals surface area contributed by atoms with Crippen molar-refractivity contribution in [3.63, 3.8) is 0 Å². The number of ether oxygens (including phenoxy) is 1. The molecule has 0 aliphatic rings. The minimum Gasteiger partial charge on any atom is -0.483 e. The summed E-state index contributed by atoms with van der Waals surface area (Å²) in [6.45, 7) is 0.588. The van der Waals surface area contributed by atoms with E-state index >= 15 is 0 Å². The zero-order valence-corrected chi connectivity index (χ0v) is 15.9. The van der Waals surface area contributed by atoms with Crippen molar-refractivity contribution in [2.24, 2.45) is 0 Å². The van der Waals surface area contributed by atoms with E-state index in [-0.39, 0.29) is 12.5 Å². The zero-order chi connectivity index (χ0) is 19.9. The highest BCUT2D eigenvalue weighted by atomic mass is 16.5. The first-order chi connectivity index (χ1) is 14.3. The molecule has 0 saturated heterocycles. The van der Waals surface area contributed by atoms with Crippen LogP contribution in [0.25, 0.3) is 11.1 Å². The van der Waals surface area contributed by atoms with Crippen molar-refractivity contribution in [2.45, 2.75) is 6.54 Å². The van der Waals surface area contributed by atoms with E-state index in [0.717, 1.165) is 22.4 Å². The molecule has 0 fully saturated rings. The molecule has 4 rings (SSSR count). The number of rotatable bonds is 7. The number of anilines is 1. The smallest absolute Gasteiger partial charge is 0.262 e. The van der Waals surface area contributed by atoms with Crippen LogP contribution in [0.5, 0.6) is 5.75 Å². The number of nitrogens with zero attached hydrogens (tertiary/aromatic N) is 2. The van der Waals surface area contributed by atoms with Gasteiger partial charge in [0.25, 0.3) is 5.91 Å². The highest BCUT2D eigenvalue weighted by Gasteiger charge is 2.09. The van der Waals surface area contributed by atoms with Crippen LogP contribution in [0.15, 0.2) is 97.3 Å². The fourth-order valence-corrected chi connectivity index (χ4v) is 3.12. The Labute approximate surface area is 169 Å². The van der Waals surface area contributed by atoms with Crippen molar-refractivity contribution < 1.29 is 9.53 Å². The summed E-state index contributed by atoms with van der Waals surface area (Å²) in [4.78, 5) is 12.4. The van der Waals surface area contributed by atoms with Gasteiger partial charge in [0.05, 0.1) is 6.54 Å². The molecular formula is C24H21N3O2. The Morgan fingerprint density at radius 3 is 2.59 bits per heavy atom. The summed E-state index contributed by atoms with van der Waals surface area (Å²) in [6, 6.07) is 27.3. The van der Waals surface area contributed by atoms with Crippen LogP contribution in [-0.4, -0.2) is 22.3 Å². The third-order valence-electron chi connectivity index (χ3n) is 4.45. The van der Waals surface area contributed by atoms with Gasteiger partial charge >= 0.3 is 0 Å². The van der Waals surface area contributed by atoms with Gasteiger partial charge in [-0.2, -0.15) is 5.10 Å². The molecule has 0 aliphatic carbocycles. The Balaban J connectivity index is 1.39. The quantitative estimate of drug-likeness (QED) is 0.507. The molecule has 1 amide bonds. The van der Waals surface area contributed by atoms with Gasteiger partial charge in [0.1, 0.15) is 5.75 Å². The van der Waals surface area contributed by atoms with E-state index in [9.17, 15) is 4.79 Å². The molecule has 0 radical (unpaired) electrons. The summed E-state index contributed by atoms with van der Waals surface area (Å²) in [5.74, 6) is 0.477. The maximum absolute atomic E-state index is 12.4. The summed E-state index contributed by atoms with van der Waals surface area (Å²) in [5.41, 5.74) is 3.80. The molecule has 1 heterocycles. The van der Waals surface area contributed by atoms with Crippen molar-refractivity contribution in [1.29, 1.82) is 0 Å². The van der Waals surface area contributed by atoms with Gasteiger partial charge in [-0.3, -0.25) is 9.48 Å². The van der Waals surface area contributed by atoms with Crippen LogP contribution in [0.2, 0.25) is 0 Å². The number of aromatic nitrogens is 2. The molecule has 29 heavy (non-hydrogen) atoms. The second-order valence-electron chi connectivity index (χ2n) is 6.60. The van der Waals surface area contributed by atoms with Crippen molar-refractivity contribution >= 4 is 11.6 Å². The summed E-state index contributed by atoms with van der Waals surface area (Å²) in [5, 5.41) is 7.11. The molecule has 1 aromatic heterocycles. The highest BCUT2D eigenvalue weighted by molar-refractivity contribution is 5.92. The molecule has 5 nitrogen and oxygen atoms in total. The van der Waals surface area contributed by atoms with E-state index in [1.807, 2.05) is 95.8 Å². The topological polar surface area (TPSA) is 56.1 Å². The van der Waals surface area contributed by atoms with Crippen molar-refractivity contribution in [2.75, 3.05) is 11.9 Å². The highest BCUT2D eigenvalue weighted by Crippen LogP contribution is 2.29. The molecule has 144 valence electrons. The molecule has 0 unspecified atom stereocenters. The van der Waals surface area contributed by atoms with Crippen LogP contribution >= 0.6 is 0 Å². The maximum Gasteiger partial charge on any atom is 0.262 e. The number of carbonyl (C=O) groups excluding carboxylic acids is 1. The number of hydrogen-bond donors (Lipinski definition) is 1. The van der Waals surface area contributed by atoms with Gasteiger partial charge in [-0.25, -0.2) is 0 Å². The predicted molar refractivity (Wildman–Crippen MR) is 114 cm³/mol. The van der Waals surface area contributed by atoms with Gasteiger partial charge in [-0.05, 0) is 35.4 Å². The molecule has 5 heteroatoms. The molecule has 4 aromatic rings. The minimum atomic E-state index is -0.205. The lowest BCUT2D eigenvalue weighted by Gasteiger charge is -2.12. The van der Waals surface area contributed by atoms with E-state index in [2.05, 4.69) is 10.4 Å². The average molecular weight is 383 g/mol. The van der Waals surface area contributed by atoms with Gasteiger partial charge in [0.15, 0.2) is 6.61 Å². The number of benzene rings is 3. The Morgan fingerprint density at radius 2 is 1.76 bits per heavy atom. The molecule has 0 atom stereocenters. The molecule has 0 spiro atoms. The second-order valence-corrected chi connectivity index (χ2v) is 6.60. The lowest BCUT2D eigenvalue weighted by molar-refractivity contribution is -0.118. The second kappa shape index (κ2) is 8.89. The summed E-state index contributed by atoms with van der Waals surface area (Å²) in [7, 11) is 0. The third-order valence-corrected chi connectivity index (χ3v) is 4.45. The molecule has 0 saturated carbocycles. The van der Waals surface area contributed by atoms with Crippen molar-refractivity contribution in [3.05, 3.63) is 103 Å². The lowest BCUT2D eigenvalue weighted by atomic mass is 10.1. The maximum atomic E-state index is 12.4. The normalized spacial score (nSPS) is 10.5.